The van der Waals surface area contributed by atoms with Crippen molar-refractivity contribution in [2.75, 3.05) is 13.2 Å². The molecule has 5 nitrogen and oxygen atoms in total. The summed E-state index contributed by atoms with van der Waals surface area (Å²) in [4.78, 5) is 0. The smallest absolute Gasteiger partial charge is 0.411 e. The maximum atomic E-state index is 12.3. The molecule has 0 amide bonds. The minimum Gasteiger partial charge on any atom is -0.411 e. The van der Waals surface area contributed by atoms with Gasteiger partial charge in [-0.05, 0) is 31.0 Å². The normalized spacial score (nSPS) is 24.7. The van der Waals surface area contributed by atoms with E-state index in [1.807, 2.05) is 33.9 Å². The molecule has 138 valence electrons. The number of rotatable bonds is 5. The van der Waals surface area contributed by atoms with Crippen molar-refractivity contribution in [1.29, 1.82) is 0 Å². The Balaban J connectivity index is 2.77. The Morgan fingerprint density at radius 3 is 2.26 bits per heavy atom. The van der Waals surface area contributed by atoms with Crippen LogP contribution in [-0.4, -0.2) is 47.7 Å². The Hall–Kier alpha value is -0.163. The van der Waals surface area contributed by atoms with Crippen LogP contribution >= 0.6 is 0 Å². The highest BCUT2D eigenvalue weighted by Crippen LogP contribution is 2.39. The minimum absolute atomic E-state index is 0.0755. The molecule has 0 saturated carbocycles. The molecule has 0 spiro atoms. The van der Waals surface area contributed by atoms with Gasteiger partial charge in [-0.1, -0.05) is 20.8 Å². The summed E-state index contributed by atoms with van der Waals surface area (Å²) in [5, 5.41) is -0.0755. The van der Waals surface area contributed by atoms with E-state index in [9.17, 15) is 21.6 Å². The van der Waals surface area contributed by atoms with Crippen LogP contribution in [0.25, 0.3) is 0 Å². The molecule has 0 aromatic heterocycles. The number of alkyl halides is 3. The zero-order chi connectivity index (χ0) is 18.1. The van der Waals surface area contributed by atoms with Gasteiger partial charge in [-0.2, -0.15) is 21.6 Å². The molecule has 0 aromatic carbocycles. The molecule has 1 aliphatic heterocycles. The van der Waals surface area contributed by atoms with Crippen molar-refractivity contribution in [3.8, 4) is 0 Å². The molecular weight excluding hydrogens is 353 g/mol. The Labute approximate surface area is 136 Å². The van der Waals surface area contributed by atoms with E-state index in [2.05, 4.69) is 4.18 Å². The van der Waals surface area contributed by atoms with Gasteiger partial charge in [0.2, 0.25) is 0 Å². The molecule has 0 bridgehead atoms. The molecule has 1 heterocycles. The van der Waals surface area contributed by atoms with Crippen molar-refractivity contribution in [3.05, 3.63) is 0 Å². The van der Waals surface area contributed by atoms with Crippen LogP contribution in [0.3, 0.4) is 0 Å². The van der Waals surface area contributed by atoms with Crippen LogP contribution in [0.1, 0.15) is 33.6 Å². The molecular formula is C13H25F3O5SSi. The lowest BCUT2D eigenvalue weighted by molar-refractivity contribution is -0.0920. The summed E-state index contributed by atoms with van der Waals surface area (Å²) < 4.78 is 74.7. The summed E-state index contributed by atoms with van der Waals surface area (Å²) in [7, 11) is -7.77. The van der Waals surface area contributed by atoms with Crippen LogP contribution in [0, 0.1) is 0 Å². The largest absolute Gasteiger partial charge is 0.523 e. The van der Waals surface area contributed by atoms with Crippen LogP contribution in [0.5, 0.6) is 0 Å². The Morgan fingerprint density at radius 1 is 1.22 bits per heavy atom. The highest BCUT2D eigenvalue weighted by Gasteiger charge is 2.48. The number of hydrogen-bond acceptors (Lipinski definition) is 5. The first kappa shape index (κ1) is 20.9. The summed E-state index contributed by atoms with van der Waals surface area (Å²) in [6, 6.07) is 0. The highest BCUT2D eigenvalue weighted by molar-refractivity contribution is 7.87. The van der Waals surface area contributed by atoms with E-state index in [0.29, 0.717) is 19.4 Å². The van der Waals surface area contributed by atoms with Gasteiger partial charge in [0.05, 0.1) is 12.7 Å². The summed E-state index contributed by atoms with van der Waals surface area (Å²) in [6.45, 7) is 9.82. The Kier molecular flexibility index (Phi) is 6.34. The third kappa shape index (κ3) is 5.41. The van der Waals surface area contributed by atoms with Gasteiger partial charge < -0.3 is 9.16 Å². The third-order valence-corrected chi connectivity index (χ3v) is 9.82. The van der Waals surface area contributed by atoms with Gasteiger partial charge in [-0.15, -0.1) is 0 Å². The van der Waals surface area contributed by atoms with Crippen LogP contribution < -0.4 is 0 Å². The van der Waals surface area contributed by atoms with Gasteiger partial charge >= 0.3 is 15.6 Å². The zero-order valence-electron chi connectivity index (χ0n) is 14.1. The SMILES string of the molecule is CC(C)(C)[Si](C)(C)O[C@H]1CCCO[C@@H]1COS(=O)(=O)C(F)(F)F. The van der Waals surface area contributed by atoms with Gasteiger partial charge in [-0.3, -0.25) is 4.18 Å². The predicted molar refractivity (Wildman–Crippen MR) is 82.0 cm³/mol. The Morgan fingerprint density at radius 2 is 1.78 bits per heavy atom. The quantitative estimate of drug-likeness (QED) is 0.417. The van der Waals surface area contributed by atoms with E-state index < -0.39 is 42.8 Å². The molecule has 2 atom stereocenters. The molecule has 0 N–H and O–H groups in total. The molecule has 0 aliphatic carbocycles. The van der Waals surface area contributed by atoms with E-state index in [1.54, 1.807) is 0 Å². The number of ether oxygens (including phenoxy) is 1. The van der Waals surface area contributed by atoms with Gasteiger partial charge in [0, 0.05) is 6.61 Å². The van der Waals surface area contributed by atoms with E-state index in [4.69, 9.17) is 9.16 Å². The maximum Gasteiger partial charge on any atom is 0.523 e. The first-order valence-electron chi connectivity index (χ1n) is 7.42. The standard InChI is InChI=1S/C13H25F3O5SSi/c1-12(2,3)23(4,5)21-10-7-6-8-19-11(10)9-20-22(17,18)13(14,15)16/h10-11H,6-9H2,1-5H3/t10-,11+/m0/s1. The highest BCUT2D eigenvalue weighted by atomic mass is 32.2. The lowest BCUT2D eigenvalue weighted by Crippen LogP contribution is -2.50. The van der Waals surface area contributed by atoms with Crippen LogP contribution in [0.2, 0.25) is 18.1 Å². The molecule has 1 saturated heterocycles. The lowest BCUT2D eigenvalue weighted by atomic mass is 10.1. The maximum absolute atomic E-state index is 12.3. The van der Waals surface area contributed by atoms with Crippen LogP contribution in [0.4, 0.5) is 13.2 Å². The fourth-order valence-electron chi connectivity index (χ4n) is 1.88. The monoisotopic (exact) mass is 378 g/mol. The fraction of sp³-hybridized carbons (Fsp3) is 1.00. The van der Waals surface area contributed by atoms with E-state index in [1.165, 1.54) is 0 Å². The first-order valence-corrected chi connectivity index (χ1v) is 11.7. The second-order valence-corrected chi connectivity index (χ2v) is 13.5. The van der Waals surface area contributed by atoms with Gasteiger partial charge in [-0.25, -0.2) is 0 Å². The summed E-state index contributed by atoms with van der Waals surface area (Å²) in [6.07, 6.45) is 0.0251. The average molecular weight is 378 g/mol. The molecule has 0 radical (unpaired) electrons. The van der Waals surface area contributed by atoms with Crippen LogP contribution in [-0.2, 0) is 23.5 Å². The summed E-state index contributed by atoms with van der Waals surface area (Å²) >= 11 is 0. The second-order valence-electron chi connectivity index (χ2n) is 7.15. The van der Waals surface area contributed by atoms with Crippen molar-refractivity contribution in [2.24, 2.45) is 0 Å². The van der Waals surface area contributed by atoms with Crippen molar-refractivity contribution in [3.63, 3.8) is 0 Å². The average Bonchev–Trinajstić information content (AvgIpc) is 2.34. The first-order chi connectivity index (χ1) is 10.2. The predicted octanol–water partition coefficient (Wildman–Crippen LogP) is 3.42. The minimum atomic E-state index is -5.62. The molecule has 0 aromatic rings. The number of halogens is 3. The van der Waals surface area contributed by atoms with Gasteiger partial charge in [0.1, 0.15) is 6.10 Å². The van der Waals surface area contributed by atoms with Crippen LogP contribution in [0.15, 0.2) is 0 Å². The van der Waals surface area contributed by atoms with Crippen molar-refractivity contribution >= 4 is 18.4 Å². The zero-order valence-corrected chi connectivity index (χ0v) is 15.9. The molecule has 23 heavy (non-hydrogen) atoms. The third-order valence-electron chi connectivity index (χ3n) is 4.30. The van der Waals surface area contributed by atoms with E-state index in [0.717, 1.165) is 0 Å². The summed E-state index contributed by atoms with van der Waals surface area (Å²) in [5.74, 6) is 0. The lowest BCUT2D eigenvalue weighted by Gasteiger charge is -2.42. The molecule has 1 rings (SSSR count). The van der Waals surface area contributed by atoms with Gasteiger partial charge in [0.25, 0.3) is 0 Å². The second kappa shape index (κ2) is 6.99. The van der Waals surface area contributed by atoms with E-state index in [-0.39, 0.29) is 5.04 Å². The van der Waals surface area contributed by atoms with Crippen molar-refractivity contribution in [2.45, 2.75) is 69.5 Å². The van der Waals surface area contributed by atoms with E-state index >= 15 is 0 Å². The van der Waals surface area contributed by atoms with Crippen molar-refractivity contribution < 1.29 is 34.9 Å². The molecule has 1 fully saturated rings. The molecule has 0 unspecified atom stereocenters. The summed E-state index contributed by atoms with van der Waals surface area (Å²) in [5.41, 5.74) is -5.43. The fourth-order valence-corrected chi connectivity index (χ4v) is 3.71. The number of hydrogen-bond donors (Lipinski definition) is 0. The molecule has 1 aliphatic rings. The topological polar surface area (TPSA) is 61.8 Å². The van der Waals surface area contributed by atoms with Crippen molar-refractivity contribution in [1.82, 2.24) is 0 Å². The molecule has 10 heteroatoms. The Bertz CT molecular complexity index is 499. The van der Waals surface area contributed by atoms with Gasteiger partial charge in [0.15, 0.2) is 8.32 Å².